The summed E-state index contributed by atoms with van der Waals surface area (Å²) in [5, 5.41) is 7.71. The second kappa shape index (κ2) is 7.27. The van der Waals surface area contributed by atoms with Gasteiger partial charge in [-0.2, -0.15) is 4.68 Å². The number of nitrogens with one attached hydrogen (secondary N) is 2. The molecule has 2 N–H and O–H groups in total. The number of carbonyl (C=O) groups is 1. The minimum Gasteiger partial charge on any atom is -0.348 e. The van der Waals surface area contributed by atoms with E-state index in [0.29, 0.717) is 24.0 Å². The molecule has 1 amide bonds. The van der Waals surface area contributed by atoms with Crippen molar-refractivity contribution in [2.75, 3.05) is 13.6 Å². The van der Waals surface area contributed by atoms with Gasteiger partial charge in [0.25, 0.3) is 5.91 Å². The van der Waals surface area contributed by atoms with Crippen LogP contribution in [-0.4, -0.2) is 39.9 Å². The van der Waals surface area contributed by atoms with E-state index in [-0.39, 0.29) is 5.91 Å². The lowest BCUT2D eigenvalue weighted by Gasteiger charge is -2.13. The van der Waals surface area contributed by atoms with Gasteiger partial charge in [0, 0.05) is 18.2 Å². The number of aromatic nitrogens is 3. The normalized spacial score (nSPS) is 15.2. The van der Waals surface area contributed by atoms with Crippen LogP contribution < -0.4 is 10.2 Å². The molecule has 6 nitrogen and oxygen atoms in total. The third-order valence-corrected chi connectivity index (χ3v) is 4.53. The third kappa shape index (κ3) is 3.91. The Hall–Kier alpha value is -1.99. The molecular weight excluding hydrogens is 322 g/mol. The molecule has 0 aliphatic heterocycles. The molecule has 1 fully saturated rings. The van der Waals surface area contributed by atoms with E-state index in [1.807, 2.05) is 46.6 Å². The van der Waals surface area contributed by atoms with E-state index in [9.17, 15) is 4.79 Å². The van der Waals surface area contributed by atoms with Crippen LogP contribution >= 0.6 is 12.2 Å². The Morgan fingerprint density at radius 2 is 2.08 bits per heavy atom. The average molecular weight is 346 g/mol. The van der Waals surface area contributed by atoms with Crippen LogP contribution in [-0.2, 0) is 18.0 Å². The van der Waals surface area contributed by atoms with E-state index in [0.717, 1.165) is 35.7 Å². The van der Waals surface area contributed by atoms with E-state index >= 15 is 0 Å². The van der Waals surface area contributed by atoms with Gasteiger partial charge in [0.2, 0.25) is 4.77 Å². The highest BCUT2D eigenvalue weighted by Crippen LogP contribution is 2.18. The van der Waals surface area contributed by atoms with Gasteiger partial charge in [0.1, 0.15) is 0 Å². The topological polar surface area (TPSA) is 56.3 Å². The molecule has 1 atom stereocenters. The molecule has 0 radical (unpaired) electrons. The van der Waals surface area contributed by atoms with Crippen LogP contribution in [0, 0.1) is 4.77 Å². The molecular formula is C17H24N5OS+. The lowest BCUT2D eigenvalue weighted by atomic mass is 10.2. The smallest absolute Gasteiger partial charge is 0.275 e. The van der Waals surface area contributed by atoms with Crippen molar-refractivity contribution in [1.29, 1.82) is 0 Å². The van der Waals surface area contributed by atoms with Crippen molar-refractivity contribution in [1.82, 2.24) is 19.7 Å². The maximum absolute atomic E-state index is 11.9. The molecule has 1 aliphatic rings. The summed E-state index contributed by atoms with van der Waals surface area (Å²) in [6, 6.07) is 10.5. The summed E-state index contributed by atoms with van der Waals surface area (Å²) < 4.78 is 4.54. The number of hydrogen-bond donors (Lipinski definition) is 2. The monoisotopic (exact) mass is 346 g/mol. The average Bonchev–Trinajstić information content (AvgIpc) is 3.32. The van der Waals surface area contributed by atoms with E-state index in [2.05, 4.69) is 12.2 Å². The number of quaternary nitrogens is 1. The molecule has 1 unspecified atom stereocenters. The van der Waals surface area contributed by atoms with Gasteiger partial charge >= 0.3 is 0 Å². The van der Waals surface area contributed by atoms with Crippen LogP contribution in [0.1, 0.15) is 19.8 Å². The Morgan fingerprint density at radius 1 is 1.38 bits per heavy atom. The van der Waals surface area contributed by atoms with Gasteiger partial charge in [-0.15, -0.1) is 5.10 Å². The van der Waals surface area contributed by atoms with Crippen molar-refractivity contribution in [2.45, 2.75) is 39.0 Å². The third-order valence-electron chi connectivity index (χ3n) is 4.10. The van der Waals surface area contributed by atoms with Crippen LogP contribution in [0.3, 0.4) is 0 Å². The first-order valence-electron chi connectivity index (χ1n) is 8.42. The molecule has 0 saturated heterocycles. The largest absolute Gasteiger partial charge is 0.348 e. The minimum atomic E-state index is 0.0970. The first-order chi connectivity index (χ1) is 11.6. The number of rotatable bonds is 7. The van der Waals surface area contributed by atoms with Gasteiger partial charge in [0.15, 0.2) is 19.0 Å². The van der Waals surface area contributed by atoms with Gasteiger partial charge in [-0.3, -0.25) is 4.79 Å². The lowest BCUT2D eigenvalue weighted by molar-refractivity contribution is -0.895. The van der Waals surface area contributed by atoms with E-state index in [1.165, 1.54) is 0 Å². The van der Waals surface area contributed by atoms with Crippen molar-refractivity contribution >= 4 is 18.1 Å². The SMILES string of the molecule is CCn1c(-c2ccccc2)nn(C[NH+](C)CC(=O)NC2CC2)c1=S. The predicted octanol–water partition coefficient (Wildman–Crippen LogP) is 0.852. The van der Waals surface area contributed by atoms with E-state index in [1.54, 1.807) is 0 Å². The summed E-state index contributed by atoms with van der Waals surface area (Å²) in [4.78, 5) is 13.0. The molecule has 3 rings (SSSR count). The molecule has 128 valence electrons. The summed E-state index contributed by atoms with van der Waals surface area (Å²) in [6.07, 6.45) is 2.22. The molecule has 1 aromatic carbocycles. The van der Waals surface area contributed by atoms with Gasteiger partial charge < -0.3 is 14.8 Å². The number of carbonyl (C=O) groups excluding carboxylic acids is 1. The number of nitrogens with zero attached hydrogens (tertiary/aromatic N) is 3. The second-order valence-electron chi connectivity index (χ2n) is 6.35. The first kappa shape index (κ1) is 16.9. The van der Waals surface area contributed by atoms with Crippen LogP contribution in [0.15, 0.2) is 30.3 Å². The highest BCUT2D eigenvalue weighted by atomic mass is 32.1. The maximum atomic E-state index is 11.9. The fourth-order valence-electron chi connectivity index (χ4n) is 2.72. The Labute approximate surface area is 147 Å². The number of hydrogen-bond acceptors (Lipinski definition) is 3. The van der Waals surface area contributed by atoms with Gasteiger partial charge in [-0.05, 0) is 32.0 Å². The fraction of sp³-hybridized carbons (Fsp3) is 0.471. The highest BCUT2D eigenvalue weighted by Gasteiger charge is 2.24. The summed E-state index contributed by atoms with van der Waals surface area (Å²) in [5.41, 5.74) is 1.05. The van der Waals surface area contributed by atoms with E-state index < -0.39 is 0 Å². The van der Waals surface area contributed by atoms with Crippen molar-refractivity contribution in [2.24, 2.45) is 0 Å². The van der Waals surface area contributed by atoms with E-state index in [4.69, 9.17) is 17.3 Å². The Bertz CT molecular complexity index is 763. The number of benzene rings is 1. The summed E-state index contributed by atoms with van der Waals surface area (Å²) in [5.74, 6) is 0.970. The zero-order chi connectivity index (χ0) is 17.1. The van der Waals surface area contributed by atoms with Gasteiger partial charge in [-0.1, -0.05) is 30.3 Å². The lowest BCUT2D eigenvalue weighted by Crippen LogP contribution is -3.09. The molecule has 24 heavy (non-hydrogen) atoms. The van der Waals surface area contributed by atoms with Crippen LogP contribution in [0.5, 0.6) is 0 Å². The predicted molar refractivity (Wildman–Crippen MR) is 95.1 cm³/mol. The quantitative estimate of drug-likeness (QED) is 0.731. The summed E-state index contributed by atoms with van der Waals surface area (Å²) in [6.45, 7) is 3.83. The molecule has 1 aliphatic carbocycles. The fourth-order valence-corrected chi connectivity index (χ4v) is 3.04. The molecule has 2 aromatic rings. The zero-order valence-corrected chi connectivity index (χ0v) is 15.0. The van der Waals surface area contributed by atoms with Crippen molar-refractivity contribution in [3.8, 4) is 11.4 Å². The Morgan fingerprint density at radius 3 is 2.71 bits per heavy atom. The van der Waals surface area contributed by atoms with Crippen LogP contribution in [0.4, 0.5) is 0 Å². The molecule has 7 heteroatoms. The zero-order valence-electron chi connectivity index (χ0n) is 14.2. The van der Waals surface area contributed by atoms with Gasteiger partial charge in [0.05, 0.1) is 7.05 Å². The second-order valence-corrected chi connectivity index (χ2v) is 6.71. The molecule has 1 saturated carbocycles. The van der Waals surface area contributed by atoms with Crippen LogP contribution in [0.2, 0.25) is 0 Å². The molecule has 1 aromatic heterocycles. The Balaban J connectivity index is 1.74. The summed E-state index contributed by atoms with van der Waals surface area (Å²) >= 11 is 5.57. The van der Waals surface area contributed by atoms with Crippen molar-refractivity contribution < 1.29 is 9.69 Å². The standard InChI is InChI=1S/C17H23N5OS/c1-3-21-16(13-7-5-4-6-8-13)19-22(17(21)24)12-20(2)11-15(23)18-14-9-10-14/h4-8,14H,3,9-12H2,1-2H3,(H,18,23)/p+1. The number of amides is 1. The molecule has 0 bridgehead atoms. The first-order valence-corrected chi connectivity index (χ1v) is 8.83. The summed E-state index contributed by atoms with van der Waals surface area (Å²) in [7, 11) is 1.99. The Kier molecular flexibility index (Phi) is 5.11. The van der Waals surface area contributed by atoms with Gasteiger partial charge in [-0.25, -0.2) is 0 Å². The molecule has 1 heterocycles. The van der Waals surface area contributed by atoms with Crippen molar-refractivity contribution in [3.63, 3.8) is 0 Å². The molecule has 0 spiro atoms. The van der Waals surface area contributed by atoms with Crippen LogP contribution in [0.25, 0.3) is 11.4 Å². The van der Waals surface area contributed by atoms with Crippen molar-refractivity contribution in [3.05, 3.63) is 35.1 Å². The maximum Gasteiger partial charge on any atom is 0.275 e. The minimum absolute atomic E-state index is 0.0970. The highest BCUT2D eigenvalue weighted by molar-refractivity contribution is 7.71. The number of likely N-dealkylation sites (N-methyl/N-ethyl adjacent to an activating group) is 1.